The zero-order valence-electron chi connectivity index (χ0n) is 13.2. The molecule has 2 aliphatic rings. The minimum atomic E-state index is -0.243. The molecule has 0 aromatic rings. The van der Waals surface area contributed by atoms with E-state index in [4.69, 9.17) is 5.73 Å². The zero-order chi connectivity index (χ0) is 15.5. The van der Waals surface area contributed by atoms with Crippen molar-refractivity contribution in [2.24, 2.45) is 21.2 Å². The Bertz CT molecular complexity index is 431. The number of likely N-dealkylation sites (tertiary alicyclic amines) is 2. The lowest BCUT2D eigenvalue weighted by molar-refractivity contribution is -0.130. The molecule has 0 atom stereocenters. The summed E-state index contributed by atoms with van der Waals surface area (Å²) in [5.74, 6) is 0.711. The molecule has 2 saturated heterocycles. The molecule has 2 fully saturated rings. The average Bonchev–Trinajstić information content (AvgIpc) is 2.83. The molecular formula is C14H26N6O. The number of rotatable bonds is 2. The quantitative estimate of drug-likeness (QED) is 0.363. The number of nitrogens with two attached hydrogens (primary N) is 1. The van der Waals surface area contributed by atoms with Gasteiger partial charge in [-0.05, 0) is 45.3 Å². The number of hydrogen-bond acceptors (Lipinski definition) is 3. The second-order valence-electron chi connectivity index (χ2n) is 6.73. The molecule has 2 N–H and O–H groups in total. The summed E-state index contributed by atoms with van der Waals surface area (Å²) in [6.45, 7) is 8.42. The van der Waals surface area contributed by atoms with E-state index in [0.717, 1.165) is 38.9 Å². The molecule has 7 heteroatoms. The molecule has 21 heavy (non-hydrogen) atoms. The van der Waals surface area contributed by atoms with Crippen molar-refractivity contribution in [3.8, 4) is 0 Å². The molecule has 2 rings (SSSR count). The largest absolute Gasteiger partial charge is 0.368 e. The number of guanidine groups is 1. The van der Waals surface area contributed by atoms with Crippen molar-refractivity contribution < 1.29 is 4.79 Å². The maximum Gasteiger partial charge on any atom is 0.222 e. The average molecular weight is 294 g/mol. The van der Waals surface area contributed by atoms with E-state index >= 15 is 0 Å². The third-order valence-electron chi connectivity index (χ3n) is 3.83. The van der Waals surface area contributed by atoms with Crippen molar-refractivity contribution in [1.82, 2.24) is 9.80 Å². The van der Waals surface area contributed by atoms with Gasteiger partial charge in [0, 0.05) is 32.1 Å². The number of amides is 1. The molecule has 0 aliphatic carbocycles. The van der Waals surface area contributed by atoms with Crippen LogP contribution >= 0.6 is 0 Å². The summed E-state index contributed by atoms with van der Waals surface area (Å²) in [6.07, 6.45) is 3.59. The molecule has 118 valence electrons. The fourth-order valence-electron chi connectivity index (χ4n) is 2.73. The maximum atomic E-state index is 11.8. The first kappa shape index (κ1) is 15.7. The van der Waals surface area contributed by atoms with E-state index in [2.05, 4.69) is 15.4 Å². The first-order chi connectivity index (χ1) is 9.87. The van der Waals surface area contributed by atoms with Crippen molar-refractivity contribution in [3.63, 3.8) is 0 Å². The van der Waals surface area contributed by atoms with E-state index in [1.807, 2.05) is 30.6 Å². The van der Waals surface area contributed by atoms with E-state index < -0.39 is 0 Å². The lowest BCUT2D eigenvalue weighted by atomic mass is 10.0. The second kappa shape index (κ2) is 6.41. The van der Waals surface area contributed by atoms with Crippen LogP contribution in [0.1, 0.15) is 46.5 Å². The summed E-state index contributed by atoms with van der Waals surface area (Å²) in [4.78, 5) is 15.8. The van der Waals surface area contributed by atoms with Crippen molar-refractivity contribution in [3.05, 3.63) is 0 Å². The molecule has 1 amide bonds. The Morgan fingerprint density at radius 3 is 2.43 bits per heavy atom. The smallest absolute Gasteiger partial charge is 0.222 e. The van der Waals surface area contributed by atoms with Crippen LogP contribution in [0.15, 0.2) is 15.4 Å². The molecule has 7 nitrogen and oxygen atoms in total. The van der Waals surface area contributed by atoms with Crippen LogP contribution in [-0.2, 0) is 4.79 Å². The summed E-state index contributed by atoms with van der Waals surface area (Å²) < 4.78 is 0. The lowest BCUT2D eigenvalue weighted by Crippen LogP contribution is -2.49. The topological polar surface area (TPSA) is 86.6 Å². The van der Waals surface area contributed by atoms with Crippen LogP contribution in [0.5, 0.6) is 0 Å². The van der Waals surface area contributed by atoms with Gasteiger partial charge >= 0.3 is 0 Å². The molecule has 2 heterocycles. The predicted molar refractivity (Wildman–Crippen MR) is 81.8 cm³/mol. The van der Waals surface area contributed by atoms with Crippen LogP contribution in [0, 0.1) is 0 Å². The van der Waals surface area contributed by atoms with E-state index in [9.17, 15) is 4.79 Å². The van der Waals surface area contributed by atoms with Crippen molar-refractivity contribution in [2.45, 2.75) is 58.0 Å². The molecule has 0 aromatic heterocycles. The van der Waals surface area contributed by atoms with Crippen molar-refractivity contribution in [2.75, 3.05) is 19.6 Å². The summed E-state index contributed by atoms with van der Waals surface area (Å²) in [5, 5.41) is 11.8. The van der Waals surface area contributed by atoms with Gasteiger partial charge in [0.1, 0.15) is 0 Å². The fraction of sp³-hybridized carbons (Fsp3) is 0.857. The van der Waals surface area contributed by atoms with Gasteiger partial charge in [-0.25, -0.2) is 0 Å². The lowest BCUT2D eigenvalue weighted by Gasteiger charge is -2.36. The number of hydrogen-bond donors (Lipinski definition) is 1. The summed E-state index contributed by atoms with van der Waals surface area (Å²) in [7, 11) is 0. The second-order valence-corrected chi connectivity index (χ2v) is 6.73. The Morgan fingerprint density at radius 2 is 1.90 bits per heavy atom. The standard InChI is InChI=1S/C14H26N6O/c1-14(2,3)17-18-16-13(15)19-9-6-11(7-10-19)20-8-4-5-12(20)21/h11H,4-10H2,1-3H3,(H2,15,16,17). The minimum absolute atomic E-state index is 0.243. The highest BCUT2D eigenvalue weighted by molar-refractivity contribution is 5.79. The number of carbonyl (C=O) groups excluding carboxylic acids is 1. The van der Waals surface area contributed by atoms with Gasteiger partial charge in [0.25, 0.3) is 0 Å². The molecule has 2 aliphatic heterocycles. The molecule has 0 aromatic carbocycles. The van der Waals surface area contributed by atoms with Gasteiger partial charge in [-0.3, -0.25) is 4.79 Å². The third-order valence-corrected chi connectivity index (χ3v) is 3.83. The molecule has 0 unspecified atom stereocenters. The Balaban J connectivity index is 1.84. The number of carbonyl (C=O) groups is 1. The van der Waals surface area contributed by atoms with Crippen LogP contribution in [0.2, 0.25) is 0 Å². The van der Waals surface area contributed by atoms with Crippen LogP contribution in [0.4, 0.5) is 0 Å². The predicted octanol–water partition coefficient (Wildman–Crippen LogP) is 1.55. The fourth-order valence-corrected chi connectivity index (χ4v) is 2.73. The highest BCUT2D eigenvalue weighted by atomic mass is 16.2. The first-order valence-corrected chi connectivity index (χ1v) is 7.66. The number of nitrogens with zero attached hydrogens (tertiary/aromatic N) is 5. The SMILES string of the molecule is CC(C)(C)N=N/N=C(\N)N1CCC(N2CCCC2=O)CC1. The summed E-state index contributed by atoms with van der Waals surface area (Å²) in [6, 6.07) is 0.361. The Hall–Kier alpha value is -1.66. The van der Waals surface area contributed by atoms with Gasteiger partial charge in [0.15, 0.2) is 0 Å². The Morgan fingerprint density at radius 1 is 1.24 bits per heavy atom. The Kier molecular flexibility index (Phi) is 4.80. The molecule has 0 saturated carbocycles. The van der Waals surface area contributed by atoms with E-state index in [0.29, 0.717) is 24.3 Å². The number of piperidine rings is 1. The van der Waals surface area contributed by atoms with E-state index in [1.54, 1.807) is 0 Å². The molecule has 0 spiro atoms. The van der Waals surface area contributed by atoms with Gasteiger partial charge in [-0.1, -0.05) is 5.10 Å². The Labute approximate surface area is 126 Å². The minimum Gasteiger partial charge on any atom is -0.368 e. The van der Waals surface area contributed by atoms with Gasteiger partial charge in [0.2, 0.25) is 11.9 Å². The maximum absolute atomic E-state index is 11.8. The van der Waals surface area contributed by atoms with Crippen LogP contribution < -0.4 is 5.73 Å². The highest BCUT2D eigenvalue weighted by Crippen LogP contribution is 2.21. The van der Waals surface area contributed by atoms with Crippen molar-refractivity contribution in [1.29, 1.82) is 0 Å². The third kappa shape index (κ3) is 4.41. The highest BCUT2D eigenvalue weighted by Gasteiger charge is 2.31. The van der Waals surface area contributed by atoms with Gasteiger partial charge in [-0.2, -0.15) is 5.11 Å². The summed E-state index contributed by atoms with van der Waals surface area (Å²) in [5.41, 5.74) is 5.70. The van der Waals surface area contributed by atoms with Gasteiger partial charge in [0.05, 0.1) is 5.54 Å². The van der Waals surface area contributed by atoms with Crippen molar-refractivity contribution >= 4 is 11.9 Å². The van der Waals surface area contributed by atoms with Crippen LogP contribution in [0.25, 0.3) is 0 Å². The van der Waals surface area contributed by atoms with Gasteiger partial charge < -0.3 is 15.5 Å². The monoisotopic (exact) mass is 294 g/mol. The van der Waals surface area contributed by atoms with E-state index in [-0.39, 0.29) is 5.54 Å². The van der Waals surface area contributed by atoms with E-state index in [1.165, 1.54) is 0 Å². The molecule has 0 radical (unpaired) electrons. The normalized spacial score (nSPS) is 22.6. The van der Waals surface area contributed by atoms with Crippen LogP contribution in [0.3, 0.4) is 0 Å². The molecule has 0 bridgehead atoms. The zero-order valence-corrected chi connectivity index (χ0v) is 13.2. The first-order valence-electron chi connectivity index (χ1n) is 7.66. The van der Waals surface area contributed by atoms with Crippen LogP contribution in [-0.4, -0.2) is 52.9 Å². The molecular weight excluding hydrogens is 268 g/mol. The summed E-state index contributed by atoms with van der Waals surface area (Å²) >= 11 is 0. The van der Waals surface area contributed by atoms with Gasteiger partial charge in [-0.15, -0.1) is 0 Å².